The maximum atomic E-state index is 5.97. The van der Waals surface area contributed by atoms with Gasteiger partial charge in [-0.25, -0.2) is 0 Å². The number of thioether (sulfide) groups is 1. The zero-order valence-corrected chi connectivity index (χ0v) is 19.1. The smallest absolute Gasteiger partial charge is 0.191 e. The predicted octanol–water partition coefficient (Wildman–Crippen LogP) is 6.50. The van der Waals surface area contributed by atoms with Crippen molar-refractivity contribution in [2.75, 3.05) is 0 Å². The van der Waals surface area contributed by atoms with Crippen LogP contribution in [0.1, 0.15) is 55.0 Å². The molecule has 152 valence electrons. The van der Waals surface area contributed by atoms with Crippen LogP contribution in [0, 0.1) is 0 Å². The van der Waals surface area contributed by atoms with E-state index in [0.717, 1.165) is 32.9 Å². The number of rotatable bonds is 7. The summed E-state index contributed by atoms with van der Waals surface area (Å²) in [5, 5.41) is 9.53. The van der Waals surface area contributed by atoms with Crippen LogP contribution >= 0.6 is 27.7 Å². The zero-order chi connectivity index (χ0) is 20.1. The third-order valence-electron chi connectivity index (χ3n) is 5.51. The molecule has 29 heavy (non-hydrogen) atoms. The van der Waals surface area contributed by atoms with E-state index < -0.39 is 0 Å². The summed E-state index contributed by atoms with van der Waals surface area (Å²) in [7, 11) is 1.99. The van der Waals surface area contributed by atoms with Crippen LogP contribution in [0.4, 0.5) is 0 Å². The number of hydrogen-bond acceptors (Lipinski definition) is 4. The van der Waals surface area contributed by atoms with Gasteiger partial charge in [-0.3, -0.25) is 0 Å². The molecule has 1 fully saturated rings. The van der Waals surface area contributed by atoms with Crippen molar-refractivity contribution in [3.8, 4) is 5.75 Å². The molecule has 0 saturated heterocycles. The van der Waals surface area contributed by atoms with Crippen LogP contribution < -0.4 is 4.74 Å². The Labute approximate surface area is 185 Å². The van der Waals surface area contributed by atoms with Gasteiger partial charge in [-0.2, -0.15) is 0 Å². The molecular formula is C23H26BrN3OS. The molecule has 1 aliphatic rings. The van der Waals surface area contributed by atoms with E-state index in [1.807, 2.05) is 17.7 Å². The Hall–Kier alpha value is -1.79. The van der Waals surface area contributed by atoms with Gasteiger partial charge in [0.05, 0.1) is 0 Å². The second-order valence-electron chi connectivity index (χ2n) is 7.57. The van der Waals surface area contributed by atoms with Gasteiger partial charge in [0.25, 0.3) is 0 Å². The topological polar surface area (TPSA) is 39.9 Å². The summed E-state index contributed by atoms with van der Waals surface area (Å²) < 4.78 is 9.08. The molecule has 1 aromatic heterocycles. The molecule has 0 N–H and O–H groups in total. The van der Waals surface area contributed by atoms with E-state index >= 15 is 0 Å². The quantitative estimate of drug-likeness (QED) is 0.368. The van der Waals surface area contributed by atoms with Crippen molar-refractivity contribution >= 4 is 27.7 Å². The zero-order valence-electron chi connectivity index (χ0n) is 16.7. The molecule has 2 aromatic carbocycles. The number of ether oxygens (including phenoxy) is 1. The summed E-state index contributed by atoms with van der Waals surface area (Å²) in [6.07, 6.45) is 6.74. The lowest BCUT2D eigenvalue weighted by molar-refractivity contribution is 0.290. The maximum Gasteiger partial charge on any atom is 0.191 e. The Morgan fingerprint density at radius 2 is 1.86 bits per heavy atom. The van der Waals surface area contributed by atoms with Crippen molar-refractivity contribution in [3.05, 3.63) is 70.0 Å². The van der Waals surface area contributed by atoms with Crippen LogP contribution in [-0.4, -0.2) is 14.8 Å². The highest BCUT2D eigenvalue weighted by Crippen LogP contribution is 2.33. The fraction of sp³-hybridized carbons (Fsp3) is 0.391. The third kappa shape index (κ3) is 5.43. The molecule has 1 saturated carbocycles. The average molecular weight is 472 g/mol. The fourth-order valence-electron chi connectivity index (χ4n) is 3.79. The Bertz CT molecular complexity index is 936. The molecule has 1 aliphatic carbocycles. The van der Waals surface area contributed by atoms with Crippen LogP contribution in [0.2, 0.25) is 0 Å². The van der Waals surface area contributed by atoms with Crippen LogP contribution in [0.25, 0.3) is 0 Å². The molecule has 0 amide bonds. The summed E-state index contributed by atoms with van der Waals surface area (Å²) in [6.45, 7) is 0.420. The summed E-state index contributed by atoms with van der Waals surface area (Å²) in [5.74, 6) is 3.30. The predicted molar refractivity (Wildman–Crippen MR) is 121 cm³/mol. The molecule has 6 heteroatoms. The Morgan fingerprint density at radius 1 is 1.07 bits per heavy atom. The van der Waals surface area contributed by atoms with Crippen LogP contribution in [0.5, 0.6) is 5.75 Å². The van der Waals surface area contributed by atoms with Crippen molar-refractivity contribution in [2.24, 2.45) is 7.05 Å². The van der Waals surface area contributed by atoms with Crippen LogP contribution in [-0.2, 0) is 19.4 Å². The maximum absolute atomic E-state index is 5.97. The molecule has 0 bridgehead atoms. The van der Waals surface area contributed by atoms with Gasteiger partial charge >= 0.3 is 0 Å². The van der Waals surface area contributed by atoms with Crippen LogP contribution in [0.15, 0.2) is 58.2 Å². The molecule has 0 aliphatic heterocycles. The molecule has 0 spiro atoms. The average Bonchev–Trinajstić information content (AvgIpc) is 3.11. The minimum atomic E-state index is 0.420. The minimum Gasteiger partial charge on any atom is -0.486 e. The first kappa shape index (κ1) is 20.5. The standard InChI is InChI=1S/C23H26BrN3OS/c1-27-22(25-26-23(27)29-16-17-6-5-9-20(24)14-17)15-28-21-12-10-19(11-13-21)18-7-3-2-4-8-18/h5-6,9-14,18H,2-4,7-8,15-16H2,1H3. The molecule has 0 radical (unpaired) electrons. The summed E-state index contributed by atoms with van der Waals surface area (Å²) in [4.78, 5) is 0. The minimum absolute atomic E-state index is 0.420. The fourth-order valence-corrected chi connectivity index (χ4v) is 5.11. The first-order valence-electron chi connectivity index (χ1n) is 10.2. The molecule has 4 nitrogen and oxygen atoms in total. The third-order valence-corrected chi connectivity index (χ3v) is 7.09. The van der Waals surface area contributed by atoms with Gasteiger partial charge in [0.15, 0.2) is 11.0 Å². The van der Waals surface area contributed by atoms with E-state index in [1.54, 1.807) is 11.8 Å². The second kappa shape index (κ2) is 9.81. The molecule has 4 rings (SSSR count). The van der Waals surface area contributed by atoms with Gasteiger partial charge in [-0.05, 0) is 54.2 Å². The lowest BCUT2D eigenvalue weighted by Gasteiger charge is -2.22. The van der Waals surface area contributed by atoms with Crippen molar-refractivity contribution in [1.82, 2.24) is 14.8 Å². The highest BCUT2D eigenvalue weighted by molar-refractivity contribution is 9.10. The summed E-state index contributed by atoms with van der Waals surface area (Å²) in [5.41, 5.74) is 2.70. The van der Waals surface area contributed by atoms with E-state index in [-0.39, 0.29) is 0 Å². The molecule has 0 unspecified atom stereocenters. The monoisotopic (exact) mass is 471 g/mol. The normalized spacial score (nSPS) is 14.8. The van der Waals surface area contributed by atoms with Gasteiger partial charge in [-0.15, -0.1) is 10.2 Å². The lowest BCUT2D eigenvalue weighted by Crippen LogP contribution is -2.05. The van der Waals surface area contributed by atoms with Gasteiger partial charge in [-0.1, -0.05) is 71.2 Å². The van der Waals surface area contributed by atoms with E-state index in [4.69, 9.17) is 4.74 Å². The number of aromatic nitrogens is 3. The second-order valence-corrected chi connectivity index (χ2v) is 9.43. The van der Waals surface area contributed by atoms with Gasteiger partial charge < -0.3 is 9.30 Å². The highest BCUT2D eigenvalue weighted by atomic mass is 79.9. The number of benzene rings is 2. The molecular weight excluding hydrogens is 446 g/mol. The van der Waals surface area contributed by atoms with Gasteiger partial charge in [0.1, 0.15) is 12.4 Å². The number of hydrogen-bond donors (Lipinski definition) is 0. The van der Waals surface area contributed by atoms with E-state index in [0.29, 0.717) is 6.61 Å². The van der Waals surface area contributed by atoms with Crippen molar-refractivity contribution in [3.63, 3.8) is 0 Å². The van der Waals surface area contributed by atoms with Gasteiger partial charge in [0.2, 0.25) is 0 Å². The summed E-state index contributed by atoms with van der Waals surface area (Å²) >= 11 is 5.20. The van der Waals surface area contributed by atoms with Gasteiger partial charge in [0, 0.05) is 17.3 Å². The van der Waals surface area contributed by atoms with E-state index in [1.165, 1.54) is 43.2 Å². The van der Waals surface area contributed by atoms with E-state index in [9.17, 15) is 0 Å². The molecule has 0 atom stereocenters. The Morgan fingerprint density at radius 3 is 2.62 bits per heavy atom. The highest BCUT2D eigenvalue weighted by Gasteiger charge is 2.15. The van der Waals surface area contributed by atoms with Crippen molar-refractivity contribution in [1.29, 1.82) is 0 Å². The Balaban J connectivity index is 1.32. The summed E-state index contributed by atoms with van der Waals surface area (Å²) in [6, 6.07) is 17.0. The SMILES string of the molecule is Cn1c(COc2ccc(C3CCCCC3)cc2)nnc1SCc1cccc(Br)c1. The molecule has 3 aromatic rings. The number of halogens is 1. The largest absolute Gasteiger partial charge is 0.486 e. The lowest BCUT2D eigenvalue weighted by atomic mass is 9.84. The first-order valence-corrected chi connectivity index (χ1v) is 11.9. The van der Waals surface area contributed by atoms with Crippen molar-refractivity contribution in [2.45, 2.75) is 55.5 Å². The molecule has 1 heterocycles. The Kier molecular flexibility index (Phi) is 6.93. The van der Waals surface area contributed by atoms with Crippen molar-refractivity contribution < 1.29 is 4.74 Å². The van der Waals surface area contributed by atoms with Crippen LogP contribution in [0.3, 0.4) is 0 Å². The number of nitrogens with zero attached hydrogens (tertiary/aromatic N) is 3. The first-order chi connectivity index (χ1) is 14.2. The van der Waals surface area contributed by atoms with E-state index in [2.05, 4.69) is 68.6 Å².